The summed E-state index contributed by atoms with van der Waals surface area (Å²) in [5.41, 5.74) is 2.21. The van der Waals surface area contributed by atoms with Crippen LogP contribution in [0.25, 0.3) is 0 Å². The molecular formula is C29H34FN3O4S. The predicted molar refractivity (Wildman–Crippen MR) is 147 cm³/mol. The summed E-state index contributed by atoms with van der Waals surface area (Å²) in [5, 5.41) is 2.77. The first-order valence-electron chi connectivity index (χ1n) is 12.5. The molecule has 0 fully saturated rings. The standard InChI is InChI=1S/C29H34FN3O4S/c1-5-15-31-29(35)23(4)32(19-24-11-9-10-14-27(24)30)28(34)20-33(25-17-21(2)16-22(3)18-25)38(36,37)26-12-7-6-8-13-26/h6-14,16-18,23H,5,15,19-20H2,1-4H3,(H,31,35)/t23-/m0/s1. The van der Waals surface area contributed by atoms with Crippen LogP contribution in [0.1, 0.15) is 37.0 Å². The number of rotatable bonds is 11. The Kier molecular flexibility index (Phi) is 9.63. The average molecular weight is 540 g/mol. The van der Waals surface area contributed by atoms with Crippen LogP contribution in [0.5, 0.6) is 0 Å². The van der Waals surface area contributed by atoms with Crippen LogP contribution in [0, 0.1) is 19.7 Å². The molecule has 0 spiro atoms. The summed E-state index contributed by atoms with van der Waals surface area (Å²) in [5.74, 6) is -1.55. The summed E-state index contributed by atoms with van der Waals surface area (Å²) in [4.78, 5) is 27.9. The molecule has 0 aromatic heterocycles. The lowest BCUT2D eigenvalue weighted by atomic mass is 10.1. The maximum Gasteiger partial charge on any atom is 0.264 e. The van der Waals surface area contributed by atoms with Crippen molar-refractivity contribution < 1.29 is 22.4 Å². The molecule has 3 aromatic carbocycles. The van der Waals surface area contributed by atoms with E-state index in [-0.39, 0.29) is 17.0 Å². The maximum absolute atomic E-state index is 14.6. The SMILES string of the molecule is CCCNC(=O)[C@H](C)N(Cc1ccccc1F)C(=O)CN(c1cc(C)cc(C)c1)S(=O)(=O)c1ccccc1. The van der Waals surface area contributed by atoms with Crippen LogP contribution in [-0.2, 0) is 26.2 Å². The zero-order valence-electron chi connectivity index (χ0n) is 22.1. The van der Waals surface area contributed by atoms with E-state index in [0.717, 1.165) is 15.4 Å². The molecule has 0 unspecified atom stereocenters. The summed E-state index contributed by atoms with van der Waals surface area (Å²) in [6.07, 6.45) is 0.704. The van der Waals surface area contributed by atoms with E-state index in [4.69, 9.17) is 0 Å². The van der Waals surface area contributed by atoms with Crippen LogP contribution < -0.4 is 9.62 Å². The molecule has 3 aromatic rings. The predicted octanol–water partition coefficient (Wildman–Crippen LogP) is 4.58. The lowest BCUT2D eigenvalue weighted by molar-refractivity contribution is -0.139. The van der Waals surface area contributed by atoms with Crippen LogP contribution >= 0.6 is 0 Å². The second-order valence-corrected chi connectivity index (χ2v) is 11.1. The van der Waals surface area contributed by atoms with Gasteiger partial charge in [0.05, 0.1) is 10.6 Å². The van der Waals surface area contributed by atoms with Crippen LogP contribution in [0.15, 0.2) is 77.7 Å². The Labute approximate surface area is 224 Å². The topological polar surface area (TPSA) is 86.8 Å². The second kappa shape index (κ2) is 12.7. The zero-order chi connectivity index (χ0) is 27.9. The van der Waals surface area contributed by atoms with Crippen molar-refractivity contribution in [2.24, 2.45) is 0 Å². The highest BCUT2D eigenvalue weighted by molar-refractivity contribution is 7.92. The van der Waals surface area contributed by atoms with Crippen molar-refractivity contribution in [1.82, 2.24) is 10.2 Å². The Bertz CT molecular complexity index is 1360. The minimum Gasteiger partial charge on any atom is -0.354 e. The first-order chi connectivity index (χ1) is 18.0. The number of aryl methyl sites for hydroxylation is 2. The molecule has 0 saturated heterocycles. The molecule has 1 N–H and O–H groups in total. The van der Waals surface area contributed by atoms with Gasteiger partial charge in [0.2, 0.25) is 11.8 Å². The van der Waals surface area contributed by atoms with Gasteiger partial charge in [-0.05, 0) is 68.7 Å². The number of sulfonamides is 1. The van der Waals surface area contributed by atoms with Crippen LogP contribution in [0.4, 0.5) is 10.1 Å². The number of carbonyl (C=O) groups is 2. The van der Waals surface area contributed by atoms with Gasteiger partial charge < -0.3 is 10.2 Å². The molecule has 1 atom stereocenters. The molecule has 38 heavy (non-hydrogen) atoms. The number of hydrogen-bond donors (Lipinski definition) is 1. The van der Waals surface area contributed by atoms with Gasteiger partial charge in [-0.25, -0.2) is 12.8 Å². The van der Waals surface area contributed by atoms with Crippen LogP contribution in [0.3, 0.4) is 0 Å². The molecule has 0 saturated carbocycles. The van der Waals surface area contributed by atoms with E-state index in [9.17, 15) is 22.4 Å². The Hall–Kier alpha value is -3.72. The summed E-state index contributed by atoms with van der Waals surface area (Å²) in [7, 11) is -4.15. The van der Waals surface area contributed by atoms with E-state index in [1.165, 1.54) is 35.2 Å². The van der Waals surface area contributed by atoms with E-state index >= 15 is 0 Å². The number of benzene rings is 3. The summed E-state index contributed by atoms with van der Waals surface area (Å²) >= 11 is 0. The molecule has 0 bridgehead atoms. The quantitative estimate of drug-likeness (QED) is 0.387. The van der Waals surface area contributed by atoms with Crippen molar-refractivity contribution in [3.05, 3.63) is 95.3 Å². The van der Waals surface area contributed by atoms with Crippen molar-refractivity contribution >= 4 is 27.5 Å². The largest absolute Gasteiger partial charge is 0.354 e. The summed E-state index contributed by atoms with van der Waals surface area (Å²) in [6.45, 7) is 6.80. The number of carbonyl (C=O) groups excluding carboxylic acids is 2. The van der Waals surface area contributed by atoms with Crippen molar-refractivity contribution in [3.63, 3.8) is 0 Å². The van der Waals surface area contributed by atoms with Crippen molar-refractivity contribution in [1.29, 1.82) is 0 Å². The summed E-state index contributed by atoms with van der Waals surface area (Å²) < 4.78 is 43.2. The molecule has 0 heterocycles. The molecule has 0 aliphatic heterocycles. The Morgan fingerprint density at radius 1 is 0.947 bits per heavy atom. The summed E-state index contributed by atoms with van der Waals surface area (Å²) in [6, 6.07) is 18.2. The Morgan fingerprint density at radius 2 is 1.55 bits per heavy atom. The minimum atomic E-state index is -4.15. The Morgan fingerprint density at radius 3 is 2.16 bits per heavy atom. The molecule has 0 radical (unpaired) electrons. The van der Waals surface area contributed by atoms with E-state index in [0.29, 0.717) is 18.7 Å². The third-order valence-electron chi connectivity index (χ3n) is 6.12. The van der Waals surface area contributed by atoms with Gasteiger partial charge in [0, 0.05) is 18.7 Å². The van der Waals surface area contributed by atoms with Gasteiger partial charge in [0.15, 0.2) is 0 Å². The van der Waals surface area contributed by atoms with Gasteiger partial charge in [0.1, 0.15) is 18.4 Å². The van der Waals surface area contributed by atoms with Crippen molar-refractivity contribution in [3.8, 4) is 0 Å². The number of nitrogens with one attached hydrogen (secondary N) is 1. The molecule has 202 valence electrons. The Balaban J connectivity index is 2.05. The molecular weight excluding hydrogens is 505 g/mol. The molecule has 7 nitrogen and oxygen atoms in total. The maximum atomic E-state index is 14.6. The molecule has 9 heteroatoms. The lowest BCUT2D eigenvalue weighted by Crippen LogP contribution is -2.51. The number of amides is 2. The third-order valence-corrected chi connectivity index (χ3v) is 7.91. The number of halogens is 1. The van der Waals surface area contributed by atoms with E-state index in [1.807, 2.05) is 26.8 Å². The van der Waals surface area contributed by atoms with Gasteiger partial charge in [-0.2, -0.15) is 0 Å². The number of anilines is 1. The van der Waals surface area contributed by atoms with Gasteiger partial charge in [-0.1, -0.05) is 49.4 Å². The second-order valence-electron chi connectivity index (χ2n) is 9.25. The fourth-order valence-corrected chi connectivity index (χ4v) is 5.55. The smallest absolute Gasteiger partial charge is 0.264 e. The number of nitrogens with zero attached hydrogens (tertiary/aromatic N) is 2. The minimum absolute atomic E-state index is 0.0290. The van der Waals surface area contributed by atoms with Crippen LogP contribution in [0.2, 0.25) is 0 Å². The lowest BCUT2D eigenvalue weighted by Gasteiger charge is -2.32. The van der Waals surface area contributed by atoms with Gasteiger partial charge >= 0.3 is 0 Å². The molecule has 0 aliphatic rings. The molecule has 3 rings (SSSR count). The van der Waals surface area contributed by atoms with Gasteiger partial charge in [-0.15, -0.1) is 0 Å². The van der Waals surface area contributed by atoms with E-state index < -0.39 is 40.2 Å². The normalized spacial score (nSPS) is 12.0. The van der Waals surface area contributed by atoms with E-state index in [1.54, 1.807) is 43.3 Å². The van der Waals surface area contributed by atoms with E-state index in [2.05, 4.69) is 5.32 Å². The molecule has 0 aliphatic carbocycles. The highest BCUT2D eigenvalue weighted by Gasteiger charge is 2.33. The average Bonchev–Trinajstić information content (AvgIpc) is 2.89. The first kappa shape index (κ1) is 28.8. The van der Waals surface area contributed by atoms with Crippen LogP contribution in [-0.4, -0.2) is 44.3 Å². The monoisotopic (exact) mass is 539 g/mol. The van der Waals surface area contributed by atoms with Crippen molar-refractivity contribution in [2.45, 2.75) is 51.6 Å². The van der Waals surface area contributed by atoms with Gasteiger partial charge in [0.25, 0.3) is 10.0 Å². The molecule has 2 amide bonds. The zero-order valence-corrected chi connectivity index (χ0v) is 23.0. The highest BCUT2D eigenvalue weighted by Crippen LogP contribution is 2.26. The van der Waals surface area contributed by atoms with Crippen molar-refractivity contribution in [2.75, 3.05) is 17.4 Å². The van der Waals surface area contributed by atoms with Gasteiger partial charge in [-0.3, -0.25) is 13.9 Å². The third kappa shape index (κ3) is 6.98. The number of hydrogen-bond acceptors (Lipinski definition) is 4. The highest BCUT2D eigenvalue weighted by atomic mass is 32.2. The fraction of sp³-hybridized carbons (Fsp3) is 0.310. The first-order valence-corrected chi connectivity index (χ1v) is 13.9. The fourth-order valence-electron chi connectivity index (χ4n) is 4.13.